The molecule has 3 aromatic rings. The topological polar surface area (TPSA) is 50.2 Å². The number of halogens is 1. The van der Waals surface area contributed by atoms with E-state index in [1.807, 2.05) is 27.1 Å². The normalized spacial score (nSPS) is 16.5. The summed E-state index contributed by atoms with van der Waals surface area (Å²) in [5.41, 5.74) is 3.36. The summed E-state index contributed by atoms with van der Waals surface area (Å²) < 4.78 is 15.3. The quantitative estimate of drug-likeness (QED) is 0.673. The molecule has 2 heterocycles. The molecule has 154 valence electrons. The van der Waals surface area contributed by atoms with Crippen molar-refractivity contribution in [2.75, 3.05) is 20.6 Å². The molecule has 1 unspecified atom stereocenters. The van der Waals surface area contributed by atoms with Crippen molar-refractivity contribution in [1.29, 1.82) is 0 Å². The van der Waals surface area contributed by atoms with Crippen LogP contribution in [0.25, 0.3) is 10.2 Å². The minimum absolute atomic E-state index is 0.0798. The van der Waals surface area contributed by atoms with Gasteiger partial charge in [-0.05, 0) is 69.1 Å². The highest BCUT2D eigenvalue weighted by Gasteiger charge is 2.25. The number of thiophene rings is 1. The summed E-state index contributed by atoms with van der Waals surface area (Å²) >= 11 is 1.64. The summed E-state index contributed by atoms with van der Waals surface area (Å²) in [5, 5.41) is 4.39. The lowest BCUT2D eigenvalue weighted by Gasteiger charge is -2.24. The predicted octanol–water partition coefficient (Wildman–Crippen LogP) is 3.11. The highest BCUT2D eigenvalue weighted by atomic mass is 32.1. The van der Waals surface area contributed by atoms with Crippen LogP contribution in [0, 0.1) is 12.7 Å². The van der Waals surface area contributed by atoms with E-state index in [0.29, 0.717) is 19.1 Å². The Morgan fingerprint density at radius 3 is 3.00 bits per heavy atom. The second-order valence-corrected chi connectivity index (χ2v) is 9.21. The molecule has 0 aliphatic heterocycles. The molecule has 0 saturated heterocycles. The summed E-state index contributed by atoms with van der Waals surface area (Å²) in [6, 6.07) is 5.26. The average Bonchev–Trinajstić information content (AvgIpc) is 3.06. The van der Waals surface area contributed by atoms with Crippen molar-refractivity contribution in [2.24, 2.45) is 0 Å². The molecule has 1 aromatic carbocycles. The number of likely N-dealkylation sites (N-methyl/N-ethyl adjacent to an activating group) is 1. The van der Waals surface area contributed by atoms with Gasteiger partial charge in [0.2, 0.25) is 0 Å². The van der Waals surface area contributed by atoms with Gasteiger partial charge in [0.05, 0.1) is 11.7 Å². The van der Waals surface area contributed by atoms with Gasteiger partial charge < -0.3 is 10.2 Å². The van der Waals surface area contributed by atoms with Crippen molar-refractivity contribution in [3.63, 3.8) is 0 Å². The molecule has 0 radical (unpaired) electrons. The molecular weight excluding hydrogens is 387 g/mol. The van der Waals surface area contributed by atoms with Gasteiger partial charge in [0.25, 0.3) is 5.56 Å². The van der Waals surface area contributed by atoms with Gasteiger partial charge in [0, 0.05) is 30.6 Å². The lowest BCUT2D eigenvalue weighted by atomic mass is 9.93. The largest absolute Gasteiger partial charge is 0.310 e. The van der Waals surface area contributed by atoms with Gasteiger partial charge in [-0.25, -0.2) is 9.37 Å². The SMILES string of the molecule is Cc1ccc(F)cc1CNC1CCc2c(sc3ncn(CCN(C)C)c(=O)c23)C1. The maximum absolute atomic E-state index is 13.5. The van der Waals surface area contributed by atoms with Crippen LogP contribution in [-0.4, -0.2) is 41.1 Å². The lowest BCUT2D eigenvalue weighted by molar-refractivity contribution is 0.380. The zero-order valence-electron chi connectivity index (χ0n) is 17.2. The maximum Gasteiger partial charge on any atom is 0.262 e. The van der Waals surface area contributed by atoms with Crippen molar-refractivity contribution in [1.82, 2.24) is 19.8 Å². The van der Waals surface area contributed by atoms with Crippen LogP contribution < -0.4 is 10.9 Å². The molecule has 1 atom stereocenters. The summed E-state index contributed by atoms with van der Waals surface area (Å²) in [4.78, 5) is 21.7. The Morgan fingerprint density at radius 2 is 2.21 bits per heavy atom. The van der Waals surface area contributed by atoms with E-state index in [2.05, 4.69) is 15.2 Å². The van der Waals surface area contributed by atoms with Gasteiger partial charge >= 0.3 is 0 Å². The molecule has 1 N–H and O–H groups in total. The van der Waals surface area contributed by atoms with Crippen molar-refractivity contribution in [3.8, 4) is 0 Å². The molecular formula is C22H27FN4OS. The molecule has 4 rings (SSSR count). The Labute approximate surface area is 174 Å². The van der Waals surface area contributed by atoms with Crippen LogP contribution in [-0.2, 0) is 25.9 Å². The second-order valence-electron chi connectivity index (χ2n) is 8.12. The number of hydrogen-bond donors (Lipinski definition) is 1. The average molecular weight is 415 g/mol. The predicted molar refractivity (Wildman–Crippen MR) is 116 cm³/mol. The fourth-order valence-electron chi connectivity index (χ4n) is 3.93. The molecule has 0 fully saturated rings. The van der Waals surface area contributed by atoms with E-state index < -0.39 is 0 Å². The highest BCUT2D eigenvalue weighted by Crippen LogP contribution is 2.33. The van der Waals surface area contributed by atoms with Crippen LogP contribution in [0.4, 0.5) is 4.39 Å². The number of nitrogens with one attached hydrogen (secondary N) is 1. The molecule has 2 aromatic heterocycles. The van der Waals surface area contributed by atoms with Crippen LogP contribution in [0.5, 0.6) is 0 Å². The summed E-state index contributed by atoms with van der Waals surface area (Å²) in [6.07, 6.45) is 4.42. The Hall–Kier alpha value is -2.09. The van der Waals surface area contributed by atoms with E-state index in [9.17, 15) is 9.18 Å². The summed E-state index contributed by atoms with van der Waals surface area (Å²) in [6.45, 7) is 4.12. The molecule has 0 spiro atoms. The lowest BCUT2D eigenvalue weighted by Crippen LogP contribution is -2.34. The molecule has 1 aliphatic carbocycles. The number of fused-ring (bicyclic) bond motifs is 3. The number of hydrogen-bond acceptors (Lipinski definition) is 5. The van der Waals surface area contributed by atoms with Crippen molar-refractivity contribution >= 4 is 21.6 Å². The molecule has 1 aliphatic rings. The van der Waals surface area contributed by atoms with E-state index in [4.69, 9.17) is 0 Å². The molecule has 0 bridgehead atoms. The first kappa shape index (κ1) is 20.2. The third-order valence-corrected chi connectivity index (χ3v) is 6.88. The van der Waals surface area contributed by atoms with E-state index in [1.54, 1.807) is 28.3 Å². The number of aryl methyl sites for hydroxylation is 2. The van der Waals surface area contributed by atoms with Crippen molar-refractivity contribution < 1.29 is 4.39 Å². The van der Waals surface area contributed by atoms with Crippen molar-refractivity contribution in [3.05, 3.63) is 62.3 Å². The van der Waals surface area contributed by atoms with Crippen LogP contribution in [0.2, 0.25) is 0 Å². The number of rotatable bonds is 6. The van der Waals surface area contributed by atoms with E-state index in [-0.39, 0.29) is 11.4 Å². The Kier molecular flexibility index (Phi) is 5.81. The third-order valence-electron chi connectivity index (χ3n) is 5.72. The monoisotopic (exact) mass is 414 g/mol. The van der Waals surface area contributed by atoms with Crippen LogP contribution >= 0.6 is 11.3 Å². The van der Waals surface area contributed by atoms with Gasteiger partial charge in [-0.2, -0.15) is 0 Å². The zero-order valence-corrected chi connectivity index (χ0v) is 18.0. The Bertz CT molecular complexity index is 1090. The van der Waals surface area contributed by atoms with E-state index in [1.165, 1.54) is 16.5 Å². The zero-order chi connectivity index (χ0) is 20.5. The van der Waals surface area contributed by atoms with Crippen LogP contribution in [0.1, 0.15) is 28.0 Å². The van der Waals surface area contributed by atoms with E-state index in [0.717, 1.165) is 47.2 Å². The summed E-state index contributed by atoms with van der Waals surface area (Å²) in [7, 11) is 4.00. The number of nitrogens with zero attached hydrogens (tertiary/aromatic N) is 3. The molecule has 0 amide bonds. The first-order chi connectivity index (χ1) is 13.9. The van der Waals surface area contributed by atoms with E-state index >= 15 is 0 Å². The molecule has 0 saturated carbocycles. The summed E-state index contributed by atoms with van der Waals surface area (Å²) in [5.74, 6) is -0.195. The van der Waals surface area contributed by atoms with Gasteiger partial charge in [-0.1, -0.05) is 6.07 Å². The van der Waals surface area contributed by atoms with Crippen molar-refractivity contribution in [2.45, 2.75) is 45.3 Å². The standard InChI is InChI=1S/C22H27FN4OS/c1-14-4-5-16(23)10-15(14)12-24-17-6-7-18-19(11-17)29-21-20(18)22(28)27(13-25-21)9-8-26(2)3/h4-5,10,13,17,24H,6-9,11-12H2,1-3H3. The first-order valence-corrected chi connectivity index (χ1v) is 10.9. The third kappa shape index (κ3) is 4.27. The van der Waals surface area contributed by atoms with Gasteiger partial charge in [0.1, 0.15) is 10.6 Å². The Morgan fingerprint density at radius 1 is 1.38 bits per heavy atom. The van der Waals surface area contributed by atoms with Gasteiger partial charge in [-0.15, -0.1) is 11.3 Å². The molecule has 7 heteroatoms. The number of aromatic nitrogens is 2. The van der Waals surface area contributed by atoms with Crippen LogP contribution in [0.3, 0.4) is 0 Å². The fourth-order valence-corrected chi connectivity index (χ4v) is 5.18. The fraction of sp³-hybridized carbons (Fsp3) is 0.455. The maximum atomic E-state index is 13.5. The van der Waals surface area contributed by atoms with Gasteiger partial charge in [-0.3, -0.25) is 9.36 Å². The minimum atomic E-state index is -0.195. The molecule has 29 heavy (non-hydrogen) atoms. The Balaban J connectivity index is 1.51. The number of benzene rings is 1. The smallest absolute Gasteiger partial charge is 0.262 e. The first-order valence-electron chi connectivity index (χ1n) is 10.0. The van der Waals surface area contributed by atoms with Crippen LogP contribution in [0.15, 0.2) is 29.3 Å². The highest BCUT2D eigenvalue weighted by molar-refractivity contribution is 7.18. The molecule has 5 nitrogen and oxygen atoms in total. The minimum Gasteiger partial charge on any atom is -0.310 e. The second kappa shape index (κ2) is 8.34. The van der Waals surface area contributed by atoms with Gasteiger partial charge in [0.15, 0.2) is 0 Å².